The molecule has 82 valence electrons. The van der Waals surface area contributed by atoms with Gasteiger partial charge in [-0.25, -0.2) is 4.79 Å². The lowest BCUT2D eigenvalue weighted by molar-refractivity contribution is 0.182. The van der Waals surface area contributed by atoms with Crippen LogP contribution in [0.2, 0.25) is 0 Å². The molecular weight excluding hydrogens is 212 g/mol. The zero-order valence-electron chi connectivity index (χ0n) is 8.64. The summed E-state index contributed by atoms with van der Waals surface area (Å²) < 4.78 is 0. The van der Waals surface area contributed by atoms with Crippen LogP contribution in [-0.2, 0) is 0 Å². The second-order valence-corrected chi connectivity index (χ2v) is 4.70. The number of hydrogen-bond donors (Lipinski definition) is 1. The Morgan fingerprint density at radius 3 is 3.27 bits per heavy atom. The number of urea groups is 1. The molecule has 1 saturated heterocycles. The van der Waals surface area contributed by atoms with E-state index in [1.807, 2.05) is 4.90 Å². The van der Waals surface area contributed by atoms with Gasteiger partial charge in [-0.3, -0.25) is 5.32 Å². The maximum atomic E-state index is 11.8. The van der Waals surface area contributed by atoms with Crippen molar-refractivity contribution in [2.24, 2.45) is 5.92 Å². The molecule has 15 heavy (non-hydrogen) atoms. The van der Waals surface area contributed by atoms with Crippen LogP contribution in [0.1, 0.15) is 19.8 Å². The van der Waals surface area contributed by atoms with Gasteiger partial charge < -0.3 is 4.90 Å². The van der Waals surface area contributed by atoms with E-state index in [4.69, 9.17) is 0 Å². The molecule has 0 aromatic carbocycles. The largest absolute Gasteiger partial charge is 0.324 e. The molecule has 1 atom stereocenters. The number of carbonyl (C=O) groups is 1. The molecular formula is C9H14N4OS. The first kappa shape index (κ1) is 10.4. The van der Waals surface area contributed by atoms with Gasteiger partial charge in [-0.2, -0.15) is 0 Å². The van der Waals surface area contributed by atoms with Gasteiger partial charge in [0, 0.05) is 13.1 Å². The summed E-state index contributed by atoms with van der Waals surface area (Å²) in [6.07, 6.45) is 2.30. The lowest BCUT2D eigenvalue weighted by Crippen LogP contribution is -2.41. The van der Waals surface area contributed by atoms with E-state index in [9.17, 15) is 4.79 Å². The van der Waals surface area contributed by atoms with Crippen molar-refractivity contribution in [3.63, 3.8) is 0 Å². The third-order valence-electron chi connectivity index (χ3n) is 2.52. The van der Waals surface area contributed by atoms with Crippen molar-refractivity contribution in [3.05, 3.63) is 5.51 Å². The number of likely N-dealkylation sites (tertiary alicyclic amines) is 1. The van der Waals surface area contributed by atoms with Crippen LogP contribution in [0.15, 0.2) is 5.51 Å². The second-order valence-electron chi connectivity index (χ2n) is 3.87. The third kappa shape index (κ3) is 2.65. The number of rotatable bonds is 1. The van der Waals surface area contributed by atoms with Crippen LogP contribution in [-0.4, -0.2) is 34.2 Å². The molecule has 1 fully saturated rings. The summed E-state index contributed by atoms with van der Waals surface area (Å²) in [5.41, 5.74) is 1.61. The summed E-state index contributed by atoms with van der Waals surface area (Å²) in [6.45, 7) is 3.85. The van der Waals surface area contributed by atoms with Gasteiger partial charge in [0.25, 0.3) is 0 Å². The second kappa shape index (κ2) is 4.57. The van der Waals surface area contributed by atoms with Gasteiger partial charge in [-0.15, -0.1) is 10.2 Å². The molecule has 2 heterocycles. The number of anilines is 1. The molecule has 0 spiro atoms. The van der Waals surface area contributed by atoms with E-state index in [1.165, 1.54) is 17.8 Å². The van der Waals surface area contributed by atoms with Crippen LogP contribution in [0.5, 0.6) is 0 Å². The average molecular weight is 226 g/mol. The predicted molar refractivity (Wildman–Crippen MR) is 58.9 cm³/mol. The summed E-state index contributed by atoms with van der Waals surface area (Å²) in [5, 5.41) is 10.8. The monoisotopic (exact) mass is 226 g/mol. The molecule has 1 aromatic rings. The molecule has 1 aromatic heterocycles. The zero-order valence-corrected chi connectivity index (χ0v) is 9.46. The highest BCUT2D eigenvalue weighted by atomic mass is 32.1. The van der Waals surface area contributed by atoms with Gasteiger partial charge in [0.2, 0.25) is 5.13 Å². The molecule has 0 bridgehead atoms. The van der Waals surface area contributed by atoms with Gasteiger partial charge in [0.1, 0.15) is 5.51 Å². The van der Waals surface area contributed by atoms with Gasteiger partial charge in [0.15, 0.2) is 0 Å². The van der Waals surface area contributed by atoms with Crippen molar-refractivity contribution < 1.29 is 4.79 Å². The quantitative estimate of drug-likeness (QED) is 0.794. The van der Waals surface area contributed by atoms with Crippen LogP contribution in [0.25, 0.3) is 0 Å². The Morgan fingerprint density at radius 1 is 1.73 bits per heavy atom. The van der Waals surface area contributed by atoms with Crippen molar-refractivity contribution in [1.82, 2.24) is 15.1 Å². The summed E-state index contributed by atoms with van der Waals surface area (Å²) in [5.74, 6) is 0.596. The van der Waals surface area contributed by atoms with Gasteiger partial charge in [-0.05, 0) is 18.8 Å². The molecule has 0 saturated carbocycles. The summed E-state index contributed by atoms with van der Waals surface area (Å²) in [6, 6.07) is -0.0571. The normalized spacial score (nSPS) is 21.4. The highest BCUT2D eigenvalue weighted by Gasteiger charge is 2.21. The third-order valence-corrected chi connectivity index (χ3v) is 3.12. The predicted octanol–water partition coefficient (Wildman–Crippen LogP) is 1.80. The van der Waals surface area contributed by atoms with E-state index >= 15 is 0 Å². The first-order valence-corrected chi connectivity index (χ1v) is 5.96. The van der Waals surface area contributed by atoms with Crippen LogP contribution < -0.4 is 5.32 Å². The Hall–Kier alpha value is -1.17. The minimum absolute atomic E-state index is 0.0571. The highest BCUT2D eigenvalue weighted by Crippen LogP contribution is 2.17. The first-order valence-electron chi connectivity index (χ1n) is 5.08. The van der Waals surface area contributed by atoms with Crippen molar-refractivity contribution in [2.45, 2.75) is 19.8 Å². The maximum absolute atomic E-state index is 11.8. The summed E-state index contributed by atoms with van der Waals surface area (Å²) >= 11 is 1.34. The molecule has 2 rings (SSSR count). The van der Waals surface area contributed by atoms with E-state index in [1.54, 1.807) is 5.51 Å². The summed E-state index contributed by atoms with van der Waals surface area (Å²) in [7, 11) is 0. The molecule has 0 aliphatic carbocycles. The van der Waals surface area contributed by atoms with Crippen LogP contribution in [0, 0.1) is 5.92 Å². The minimum Gasteiger partial charge on any atom is -0.324 e. The Morgan fingerprint density at radius 2 is 2.60 bits per heavy atom. The SMILES string of the molecule is CC1CCCN(C(=O)Nc2nncs2)C1. The molecule has 2 amide bonds. The standard InChI is InChI=1S/C9H14N4OS/c1-7-3-2-4-13(5-7)9(14)11-8-12-10-6-15-8/h6-7H,2-5H2,1H3,(H,11,12,14). The Balaban J connectivity index is 1.90. The lowest BCUT2D eigenvalue weighted by Gasteiger charge is -2.30. The van der Waals surface area contributed by atoms with Crippen LogP contribution in [0.3, 0.4) is 0 Å². The van der Waals surface area contributed by atoms with E-state index in [-0.39, 0.29) is 6.03 Å². The molecule has 1 unspecified atom stereocenters. The van der Waals surface area contributed by atoms with E-state index in [0.29, 0.717) is 11.0 Å². The first-order chi connectivity index (χ1) is 7.25. The van der Waals surface area contributed by atoms with E-state index < -0.39 is 0 Å². The van der Waals surface area contributed by atoms with Crippen molar-refractivity contribution in [3.8, 4) is 0 Å². The van der Waals surface area contributed by atoms with Crippen LogP contribution >= 0.6 is 11.3 Å². The molecule has 1 aliphatic rings. The fraction of sp³-hybridized carbons (Fsp3) is 0.667. The van der Waals surface area contributed by atoms with E-state index in [0.717, 1.165) is 19.5 Å². The van der Waals surface area contributed by atoms with Crippen LogP contribution in [0.4, 0.5) is 9.93 Å². The summed E-state index contributed by atoms with van der Waals surface area (Å²) in [4.78, 5) is 13.6. The van der Waals surface area contributed by atoms with Gasteiger partial charge >= 0.3 is 6.03 Å². The molecule has 1 N–H and O–H groups in total. The van der Waals surface area contributed by atoms with E-state index in [2.05, 4.69) is 22.4 Å². The van der Waals surface area contributed by atoms with Crippen molar-refractivity contribution >= 4 is 22.5 Å². The van der Waals surface area contributed by atoms with Crippen molar-refractivity contribution in [1.29, 1.82) is 0 Å². The maximum Gasteiger partial charge on any atom is 0.323 e. The molecule has 1 aliphatic heterocycles. The Kier molecular flexibility index (Phi) is 3.15. The fourth-order valence-electron chi connectivity index (χ4n) is 1.77. The lowest BCUT2D eigenvalue weighted by atomic mass is 10.0. The van der Waals surface area contributed by atoms with Gasteiger partial charge in [-0.1, -0.05) is 18.3 Å². The molecule has 5 nitrogen and oxygen atoms in total. The van der Waals surface area contributed by atoms with Crippen molar-refractivity contribution in [2.75, 3.05) is 18.4 Å². The fourth-order valence-corrected chi connectivity index (χ4v) is 2.21. The minimum atomic E-state index is -0.0571. The number of carbonyl (C=O) groups excluding carboxylic acids is 1. The van der Waals surface area contributed by atoms with Gasteiger partial charge in [0.05, 0.1) is 0 Å². The average Bonchev–Trinajstić information content (AvgIpc) is 2.70. The number of hydrogen-bond acceptors (Lipinski definition) is 4. The Bertz CT molecular complexity index is 327. The Labute approximate surface area is 92.5 Å². The molecule has 6 heteroatoms. The molecule has 0 radical (unpaired) electrons. The number of aromatic nitrogens is 2. The number of piperidine rings is 1. The zero-order chi connectivity index (χ0) is 10.7. The number of amides is 2. The smallest absolute Gasteiger partial charge is 0.323 e. The number of nitrogens with one attached hydrogen (secondary N) is 1. The topological polar surface area (TPSA) is 58.1 Å². The number of nitrogens with zero attached hydrogens (tertiary/aromatic N) is 3. The highest BCUT2D eigenvalue weighted by molar-refractivity contribution is 7.13.